The predicted octanol–water partition coefficient (Wildman–Crippen LogP) is 1.96. The second-order valence-electron chi connectivity index (χ2n) is 6.84. The summed E-state index contributed by atoms with van der Waals surface area (Å²) in [4.78, 5) is 6.58. The number of nitrogens with one attached hydrogen (secondary N) is 2. The van der Waals surface area contributed by atoms with E-state index in [4.69, 9.17) is 16.3 Å². The quantitative estimate of drug-likeness (QED) is 0.520. The highest BCUT2D eigenvalue weighted by atomic mass is 35.5. The van der Waals surface area contributed by atoms with Crippen LogP contribution >= 0.6 is 23.4 Å². The van der Waals surface area contributed by atoms with Gasteiger partial charge in [0.15, 0.2) is 5.96 Å². The van der Waals surface area contributed by atoms with E-state index in [-0.39, 0.29) is 6.04 Å². The van der Waals surface area contributed by atoms with Gasteiger partial charge in [-0.25, -0.2) is 0 Å². The van der Waals surface area contributed by atoms with Gasteiger partial charge in [-0.3, -0.25) is 4.99 Å². The van der Waals surface area contributed by atoms with Gasteiger partial charge in [0, 0.05) is 43.5 Å². The van der Waals surface area contributed by atoms with E-state index in [1.54, 1.807) is 25.9 Å². The Labute approximate surface area is 164 Å². The summed E-state index contributed by atoms with van der Waals surface area (Å²) >= 11 is 7.96. The molecule has 2 saturated heterocycles. The van der Waals surface area contributed by atoms with Gasteiger partial charge in [0.05, 0.1) is 18.4 Å². The van der Waals surface area contributed by atoms with Gasteiger partial charge >= 0.3 is 0 Å². The number of halogens is 1. The molecule has 0 radical (unpaired) electrons. The molecule has 1 aromatic rings. The van der Waals surface area contributed by atoms with Crippen LogP contribution in [0, 0.1) is 0 Å². The molecule has 0 aliphatic carbocycles. The molecule has 0 saturated carbocycles. The molecule has 26 heavy (non-hydrogen) atoms. The van der Waals surface area contributed by atoms with Gasteiger partial charge in [0.25, 0.3) is 0 Å². The summed E-state index contributed by atoms with van der Waals surface area (Å²) in [6.07, 6.45) is 1.82. The Morgan fingerprint density at radius 1 is 1.54 bits per heavy atom. The number of aliphatic imine (C=N–C) groups is 1. The Balaban J connectivity index is 1.56. The molecule has 2 atom stereocenters. The third kappa shape index (κ3) is 4.69. The molecule has 2 aliphatic rings. The van der Waals surface area contributed by atoms with Crippen molar-refractivity contribution in [2.24, 2.45) is 4.99 Å². The van der Waals surface area contributed by atoms with Crippen LogP contribution in [0.1, 0.15) is 12.8 Å². The largest absolute Gasteiger partial charge is 0.495 e. The molecule has 0 amide bonds. The lowest BCUT2D eigenvalue weighted by atomic mass is 10.0. The first-order chi connectivity index (χ1) is 12.5. The molecule has 0 spiro atoms. The molecule has 2 heterocycles. The van der Waals surface area contributed by atoms with Crippen molar-refractivity contribution in [3.8, 4) is 5.75 Å². The highest BCUT2D eigenvalue weighted by Gasteiger charge is 2.32. The third-order valence-corrected chi connectivity index (χ3v) is 6.37. The molecule has 3 rings (SSSR count). The monoisotopic (exact) mass is 398 g/mol. The van der Waals surface area contributed by atoms with Gasteiger partial charge < -0.3 is 25.4 Å². The van der Waals surface area contributed by atoms with Gasteiger partial charge in [-0.1, -0.05) is 11.6 Å². The third-order valence-electron chi connectivity index (χ3n) is 4.90. The Morgan fingerprint density at radius 3 is 3.08 bits per heavy atom. The maximum Gasteiger partial charge on any atom is 0.191 e. The highest BCUT2D eigenvalue weighted by Crippen LogP contribution is 2.33. The van der Waals surface area contributed by atoms with E-state index in [9.17, 15) is 5.11 Å². The van der Waals surface area contributed by atoms with Crippen molar-refractivity contribution in [2.45, 2.75) is 24.5 Å². The van der Waals surface area contributed by atoms with E-state index in [0.717, 1.165) is 54.8 Å². The van der Waals surface area contributed by atoms with Crippen LogP contribution < -0.4 is 20.3 Å². The fourth-order valence-corrected chi connectivity index (χ4v) is 4.84. The summed E-state index contributed by atoms with van der Waals surface area (Å²) in [5, 5.41) is 17.9. The maximum atomic E-state index is 10.5. The average molecular weight is 399 g/mol. The number of anilines is 1. The van der Waals surface area contributed by atoms with E-state index >= 15 is 0 Å². The van der Waals surface area contributed by atoms with Crippen molar-refractivity contribution in [1.82, 2.24) is 10.6 Å². The van der Waals surface area contributed by atoms with E-state index in [2.05, 4.69) is 20.5 Å². The number of thioether (sulfide) groups is 1. The van der Waals surface area contributed by atoms with Crippen molar-refractivity contribution >= 4 is 35.0 Å². The van der Waals surface area contributed by atoms with Gasteiger partial charge in [-0.15, -0.1) is 0 Å². The van der Waals surface area contributed by atoms with Crippen molar-refractivity contribution in [3.63, 3.8) is 0 Å². The van der Waals surface area contributed by atoms with Crippen LogP contribution in [0.5, 0.6) is 5.75 Å². The minimum absolute atomic E-state index is 0.275. The molecular formula is C18H27ClN4O2S. The number of guanidine groups is 1. The summed E-state index contributed by atoms with van der Waals surface area (Å²) in [5.41, 5.74) is 0.391. The number of rotatable bonds is 5. The molecule has 1 aromatic carbocycles. The van der Waals surface area contributed by atoms with Crippen molar-refractivity contribution in [3.05, 3.63) is 23.2 Å². The Hall–Kier alpha value is -1.31. The van der Waals surface area contributed by atoms with Crippen LogP contribution in [0.2, 0.25) is 5.02 Å². The van der Waals surface area contributed by atoms with Crippen LogP contribution in [-0.2, 0) is 0 Å². The Bertz CT molecular complexity index is 652. The number of benzene rings is 1. The second kappa shape index (κ2) is 8.59. The lowest BCUT2D eigenvalue weighted by Crippen LogP contribution is -2.50. The number of hydrogen-bond acceptors (Lipinski definition) is 5. The van der Waals surface area contributed by atoms with E-state index in [1.165, 1.54) is 0 Å². The molecule has 2 unspecified atom stereocenters. The summed E-state index contributed by atoms with van der Waals surface area (Å²) in [6.45, 7) is 2.29. The minimum atomic E-state index is -0.627. The normalized spacial score (nSPS) is 26.2. The fraction of sp³-hybridized carbons (Fsp3) is 0.611. The SMILES string of the molecule is CN=C(NCC1(O)CCSC1)NC1CCN(c2cc(Cl)ccc2OC)C1. The molecular weight excluding hydrogens is 372 g/mol. The molecule has 0 aromatic heterocycles. The Morgan fingerprint density at radius 2 is 2.38 bits per heavy atom. The smallest absolute Gasteiger partial charge is 0.191 e. The van der Waals surface area contributed by atoms with Gasteiger partial charge in [0.1, 0.15) is 5.75 Å². The Kier molecular flexibility index (Phi) is 6.42. The van der Waals surface area contributed by atoms with Gasteiger partial charge in [-0.05, 0) is 36.8 Å². The zero-order chi connectivity index (χ0) is 18.6. The average Bonchev–Trinajstić information content (AvgIpc) is 3.28. The van der Waals surface area contributed by atoms with Crippen LogP contribution in [0.25, 0.3) is 0 Å². The number of methoxy groups -OCH3 is 1. The lowest BCUT2D eigenvalue weighted by molar-refractivity contribution is 0.0724. The summed E-state index contributed by atoms with van der Waals surface area (Å²) in [7, 11) is 3.44. The molecule has 0 bridgehead atoms. The number of ether oxygens (including phenoxy) is 1. The number of hydrogen-bond donors (Lipinski definition) is 3. The summed E-state index contributed by atoms with van der Waals surface area (Å²) in [5.74, 6) is 3.37. The maximum absolute atomic E-state index is 10.5. The van der Waals surface area contributed by atoms with Crippen LogP contribution in [0.3, 0.4) is 0 Å². The first kappa shape index (κ1) is 19.5. The molecule has 2 aliphatic heterocycles. The molecule has 2 fully saturated rings. The predicted molar refractivity (Wildman–Crippen MR) is 110 cm³/mol. The first-order valence-corrected chi connectivity index (χ1v) is 10.4. The topological polar surface area (TPSA) is 69.1 Å². The minimum Gasteiger partial charge on any atom is -0.495 e. The number of nitrogens with zero attached hydrogens (tertiary/aromatic N) is 2. The molecule has 144 valence electrons. The highest BCUT2D eigenvalue weighted by molar-refractivity contribution is 7.99. The van der Waals surface area contributed by atoms with Crippen molar-refractivity contribution < 1.29 is 9.84 Å². The zero-order valence-corrected chi connectivity index (χ0v) is 16.9. The van der Waals surface area contributed by atoms with Crippen molar-refractivity contribution in [2.75, 3.05) is 50.2 Å². The second-order valence-corrected chi connectivity index (χ2v) is 8.39. The molecule has 3 N–H and O–H groups in total. The van der Waals surface area contributed by atoms with E-state index in [0.29, 0.717) is 11.6 Å². The standard InChI is InChI=1S/C18H27ClN4O2S/c1-20-17(21-11-18(24)6-8-26-12-18)22-14-5-7-23(10-14)15-9-13(19)3-4-16(15)25-2/h3-4,9,14,24H,5-8,10-12H2,1-2H3,(H2,20,21,22). The molecule has 6 nitrogen and oxygen atoms in total. The van der Waals surface area contributed by atoms with E-state index < -0.39 is 5.60 Å². The van der Waals surface area contributed by atoms with Crippen molar-refractivity contribution in [1.29, 1.82) is 0 Å². The lowest BCUT2D eigenvalue weighted by Gasteiger charge is -2.25. The summed E-state index contributed by atoms with van der Waals surface area (Å²) < 4.78 is 5.47. The first-order valence-electron chi connectivity index (χ1n) is 8.89. The van der Waals surface area contributed by atoms with Crippen LogP contribution in [0.4, 0.5) is 5.69 Å². The fourth-order valence-electron chi connectivity index (χ4n) is 3.38. The van der Waals surface area contributed by atoms with E-state index in [1.807, 2.05) is 18.2 Å². The molecule has 8 heteroatoms. The van der Waals surface area contributed by atoms with Gasteiger partial charge in [-0.2, -0.15) is 11.8 Å². The summed E-state index contributed by atoms with van der Waals surface area (Å²) in [6, 6.07) is 5.97. The van der Waals surface area contributed by atoms with Gasteiger partial charge in [0.2, 0.25) is 0 Å². The number of aliphatic hydroxyl groups is 1. The van der Waals surface area contributed by atoms with Crippen LogP contribution in [0.15, 0.2) is 23.2 Å². The zero-order valence-electron chi connectivity index (χ0n) is 15.3. The van der Waals surface area contributed by atoms with Crippen LogP contribution in [-0.4, -0.2) is 68.0 Å².